The summed E-state index contributed by atoms with van der Waals surface area (Å²) in [6, 6.07) is -0.0608. The van der Waals surface area contributed by atoms with Crippen LogP contribution in [0.4, 0.5) is 0 Å². The van der Waals surface area contributed by atoms with Gasteiger partial charge in [-0.15, -0.1) is 0 Å². The molecule has 1 aromatic heterocycles. The summed E-state index contributed by atoms with van der Waals surface area (Å²) in [5, 5.41) is 10.5. The summed E-state index contributed by atoms with van der Waals surface area (Å²) < 4.78 is 1.81. The van der Waals surface area contributed by atoms with Crippen LogP contribution >= 0.6 is 0 Å². The van der Waals surface area contributed by atoms with E-state index in [9.17, 15) is 4.79 Å². The zero-order valence-corrected chi connectivity index (χ0v) is 12.8. The highest BCUT2D eigenvalue weighted by Crippen LogP contribution is 2.17. The number of rotatable bonds is 6. The predicted molar refractivity (Wildman–Crippen MR) is 76.8 cm³/mol. The molecule has 1 aromatic rings. The average Bonchev–Trinajstić information content (AvgIpc) is 2.66. The number of likely N-dealkylation sites (N-methyl/N-ethyl adjacent to an activating group) is 1. The molecule has 0 radical (unpaired) electrons. The highest BCUT2D eigenvalue weighted by Gasteiger charge is 2.22. The summed E-state index contributed by atoms with van der Waals surface area (Å²) in [6.07, 6.45) is 2.83. The van der Waals surface area contributed by atoms with E-state index in [0.29, 0.717) is 5.92 Å². The molecule has 0 spiro atoms. The van der Waals surface area contributed by atoms with Crippen LogP contribution in [0.2, 0.25) is 0 Å². The predicted octanol–water partition coefficient (Wildman–Crippen LogP) is 1.54. The Bertz CT molecular complexity index is 425. The second kappa shape index (κ2) is 6.70. The molecule has 0 aliphatic carbocycles. The Morgan fingerprint density at radius 1 is 1.42 bits per heavy atom. The first-order valence-electron chi connectivity index (χ1n) is 6.83. The van der Waals surface area contributed by atoms with E-state index in [-0.39, 0.29) is 18.0 Å². The first kappa shape index (κ1) is 15.7. The minimum atomic E-state index is -0.167. The van der Waals surface area contributed by atoms with Crippen LogP contribution in [-0.2, 0) is 11.8 Å². The molecule has 1 rings (SSSR count). The van der Waals surface area contributed by atoms with Crippen molar-refractivity contribution < 1.29 is 4.79 Å². The summed E-state index contributed by atoms with van der Waals surface area (Å²) in [4.78, 5) is 11.9. The Morgan fingerprint density at radius 3 is 2.47 bits per heavy atom. The van der Waals surface area contributed by atoms with Gasteiger partial charge in [0, 0.05) is 31.9 Å². The quantitative estimate of drug-likeness (QED) is 0.821. The SMILES string of the molecule is CNC(=O)C(CC(C)C)NC(C)c1cn(C)nc1C. The van der Waals surface area contributed by atoms with E-state index < -0.39 is 0 Å². The van der Waals surface area contributed by atoms with Crippen molar-refractivity contribution >= 4 is 5.91 Å². The van der Waals surface area contributed by atoms with Gasteiger partial charge in [0.05, 0.1) is 11.7 Å². The molecule has 2 unspecified atom stereocenters. The van der Waals surface area contributed by atoms with Crippen LogP contribution in [-0.4, -0.2) is 28.8 Å². The molecule has 0 saturated carbocycles. The maximum absolute atomic E-state index is 11.9. The molecule has 2 atom stereocenters. The van der Waals surface area contributed by atoms with Crippen molar-refractivity contribution in [2.24, 2.45) is 13.0 Å². The standard InChI is InChI=1S/C14H26N4O/c1-9(2)7-13(14(19)15-5)16-10(3)12-8-18(6)17-11(12)4/h8-10,13,16H,7H2,1-6H3,(H,15,19). The molecule has 1 amide bonds. The van der Waals surface area contributed by atoms with Gasteiger partial charge in [-0.05, 0) is 26.2 Å². The fraction of sp³-hybridized carbons (Fsp3) is 0.714. The molecule has 5 nitrogen and oxygen atoms in total. The van der Waals surface area contributed by atoms with Crippen LogP contribution in [0.3, 0.4) is 0 Å². The summed E-state index contributed by atoms with van der Waals surface area (Å²) in [5.74, 6) is 0.513. The van der Waals surface area contributed by atoms with E-state index in [1.165, 1.54) is 0 Å². The molecule has 0 aromatic carbocycles. The van der Waals surface area contributed by atoms with Crippen molar-refractivity contribution in [3.63, 3.8) is 0 Å². The largest absolute Gasteiger partial charge is 0.358 e. The van der Waals surface area contributed by atoms with Gasteiger partial charge in [-0.2, -0.15) is 5.10 Å². The zero-order chi connectivity index (χ0) is 14.6. The summed E-state index contributed by atoms with van der Waals surface area (Å²) in [5.41, 5.74) is 2.14. The maximum atomic E-state index is 11.9. The van der Waals surface area contributed by atoms with Gasteiger partial charge in [-0.1, -0.05) is 13.8 Å². The normalized spacial score (nSPS) is 14.5. The molecule has 1 heterocycles. The van der Waals surface area contributed by atoms with Crippen molar-refractivity contribution in [2.45, 2.75) is 46.2 Å². The van der Waals surface area contributed by atoms with Crippen molar-refractivity contribution in [3.8, 4) is 0 Å². The number of aromatic nitrogens is 2. The molecule has 0 bridgehead atoms. The van der Waals surface area contributed by atoms with E-state index in [4.69, 9.17) is 0 Å². The highest BCUT2D eigenvalue weighted by atomic mass is 16.2. The smallest absolute Gasteiger partial charge is 0.236 e. The van der Waals surface area contributed by atoms with Crippen LogP contribution < -0.4 is 10.6 Å². The molecular weight excluding hydrogens is 240 g/mol. The van der Waals surface area contributed by atoms with Crippen molar-refractivity contribution in [3.05, 3.63) is 17.5 Å². The number of aryl methyl sites for hydroxylation is 2. The lowest BCUT2D eigenvalue weighted by Crippen LogP contribution is -2.44. The van der Waals surface area contributed by atoms with E-state index in [1.54, 1.807) is 11.7 Å². The summed E-state index contributed by atoms with van der Waals surface area (Å²) >= 11 is 0. The van der Waals surface area contributed by atoms with E-state index in [2.05, 4.69) is 36.5 Å². The molecule has 5 heteroatoms. The van der Waals surface area contributed by atoms with Crippen LogP contribution in [0.25, 0.3) is 0 Å². The van der Waals surface area contributed by atoms with Crippen molar-refractivity contribution in [1.29, 1.82) is 0 Å². The number of carbonyl (C=O) groups is 1. The lowest BCUT2D eigenvalue weighted by Gasteiger charge is -2.23. The van der Waals surface area contributed by atoms with Gasteiger partial charge < -0.3 is 5.32 Å². The van der Waals surface area contributed by atoms with E-state index in [0.717, 1.165) is 17.7 Å². The first-order valence-corrected chi connectivity index (χ1v) is 6.83. The zero-order valence-electron chi connectivity index (χ0n) is 12.8. The van der Waals surface area contributed by atoms with Crippen LogP contribution in [0.1, 0.15) is 44.5 Å². The molecule has 0 aliphatic heterocycles. The van der Waals surface area contributed by atoms with Crippen LogP contribution in [0.5, 0.6) is 0 Å². The van der Waals surface area contributed by atoms with Gasteiger partial charge in [0.15, 0.2) is 0 Å². The monoisotopic (exact) mass is 266 g/mol. The number of nitrogens with zero attached hydrogens (tertiary/aromatic N) is 2. The third-order valence-electron chi connectivity index (χ3n) is 3.24. The minimum Gasteiger partial charge on any atom is -0.358 e. The molecule has 108 valence electrons. The van der Waals surface area contributed by atoms with Gasteiger partial charge in [0.1, 0.15) is 0 Å². The first-order chi connectivity index (χ1) is 8.85. The van der Waals surface area contributed by atoms with Gasteiger partial charge in [0.25, 0.3) is 0 Å². The fourth-order valence-corrected chi connectivity index (χ4v) is 2.33. The minimum absolute atomic E-state index is 0.0436. The topological polar surface area (TPSA) is 59.0 Å². The lowest BCUT2D eigenvalue weighted by atomic mass is 10.0. The van der Waals surface area contributed by atoms with E-state index >= 15 is 0 Å². The van der Waals surface area contributed by atoms with Crippen molar-refractivity contribution in [2.75, 3.05) is 7.05 Å². The highest BCUT2D eigenvalue weighted by molar-refractivity contribution is 5.81. The molecule has 2 N–H and O–H groups in total. The fourth-order valence-electron chi connectivity index (χ4n) is 2.33. The molecular formula is C14H26N4O. The second-order valence-electron chi connectivity index (χ2n) is 5.53. The van der Waals surface area contributed by atoms with Gasteiger partial charge in [0.2, 0.25) is 5.91 Å². The molecule has 0 fully saturated rings. The van der Waals surface area contributed by atoms with Gasteiger partial charge in [-0.25, -0.2) is 0 Å². The number of hydrogen-bond donors (Lipinski definition) is 2. The average molecular weight is 266 g/mol. The molecule has 0 aliphatic rings. The Morgan fingerprint density at radius 2 is 2.05 bits per heavy atom. The number of hydrogen-bond acceptors (Lipinski definition) is 3. The third kappa shape index (κ3) is 4.35. The molecule has 19 heavy (non-hydrogen) atoms. The third-order valence-corrected chi connectivity index (χ3v) is 3.24. The Labute approximate surface area is 115 Å². The van der Waals surface area contributed by atoms with Crippen LogP contribution in [0.15, 0.2) is 6.20 Å². The Kier molecular flexibility index (Phi) is 5.54. The maximum Gasteiger partial charge on any atom is 0.236 e. The van der Waals surface area contributed by atoms with Gasteiger partial charge >= 0.3 is 0 Å². The Balaban J connectivity index is 2.78. The van der Waals surface area contributed by atoms with Crippen LogP contribution in [0, 0.1) is 12.8 Å². The second-order valence-corrected chi connectivity index (χ2v) is 5.53. The van der Waals surface area contributed by atoms with Gasteiger partial charge in [-0.3, -0.25) is 14.8 Å². The summed E-state index contributed by atoms with van der Waals surface area (Å²) in [6.45, 7) is 8.31. The Hall–Kier alpha value is -1.36. The number of amides is 1. The lowest BCUT2D eigenvalue weighted by molar-refractivity contribution is -0.123. The van der Waals surface area contributed by atoms with E-state index in [1.807, 2.05) is 20.2 Å². The number of nitrogens with one attached hydrogen (secondary N) is 2. The van der Waals surface area contributed by atoms with Crippen molar-refractivity contribution in [1.82, 2.24) is 20.4 Å². The summed E-state index contributed by atoms with van der Waals surface area (Å²) in [7, 11) is 3.59. The number of carbonyl (C=O) groups excluding carboxylic acids is 1. The molecule has 0 saturated heterocycles.